The zero-order valence-electron chi connectivity index (χ0n) is 12.4. The Kier molecular flexibility index (Phi) is 5.00. The van der Waals surface area contributed by atoms with Gasteiger partial charge in [-0.05, 0) is 36.8 Å². The molecule has 3 atom stereocenters. The van der Waals surface area contributed by atoms with Crippen LogP contribution >= 0.6 is 12.2 Å². The van der Waals surface area contributed by atoms with Crippen LogP contribution in [0.2, 0.25) is 0 Å². The number of alkyl halides is 3. The predicted molar refractivity (Wildman–Crippen MR) is 79.1 cm³/mol. The van der Waals surface area contributed by atoms with Crippen molar-refractivity contribution in [3.8, 4) is 0 Å². The smallest absolute Gasteiger partial charge is 0.437 e. The summed E-state index contributed by atoms with van der Waals surface area (Å²) >= 11 is 4.71. The van der Waals surface area contributed by atoms with E-state index in [-0.39, 0.29) is 12.2 Å². The molecule has 0 radical (unpaired) electrons. The fourth-order valence-electron chi connectivity index (χ4n) is 2.51. The van der Waals surface area contributed by atoms with Gasteiger partial charge in [0.25, 0.3) is 5.72 Å². The first-order chi connectivity index (χ1) is 11.1. The largest absolute Gasteiger partial charge is 0.466 e. The van der Waals surface area contributed by atoms with E-state index in [0.29, 0.717) is 0 Å². The minimum atomic E-state index is -5.23. The molecule has 1 aliphatic rings. The maximum absolute atomic E-state index is 13.4. The number of thiocarbonyl (C=S) groups is 1. The highest BCUT2D eigenvalue weighted by molar-refractivity contribution is 7.80. The lowest BCUT2D eigenvalue weighted by Gasteiger charge is -2.45. The number of rotatable bonds is 3. The molecule has 2 rings (SSSR count). The van der Waals surface area contributed by atoms with Crippen LogP contribution in [0.5, 0.6) is 0 Å². The third-order valence-electron chi connectivity index (χ3n) is 3.55. The summed E-state index contributed by atoms with van der Waals surface area (Å²) in [4.78, 5) is 12.1. The van der Waals surface area contributed by atoms with Crippen LogP contribution in [0.1, 0.15) is 18.5 Å². The second-order valence-corrected chi connectivity index (χ2v) is 5.53. The number of hydrogen-bond donors (Lipinski definition) is 3. The first-order valence-corrected chi connectivity index (χ1v) is 7.31. The lowest BCUT2D eigenvalue weighted by Crippen LogP contribution is -2.73. The molecule has 1 aliphatic heterocycles. The SMILES string of the molecule is CCOC(=O)[C@@H]1[C@@H](c2cccc(F)c2)NC(=S)N[C@@]1(O)C(F)(F)F. The second kappa shape index (κ2) is 6.52. The number of aliphatic hydroxyl groups is 1. The van der Waals surface area contributed by atoms with E-state index in [1.54, 1.807) is 5.32 Å². The number of halogens is 4. The Bertz CT molecular complexity index is 655. The number of ether oxygens (including phenoxy) is 1. The zero-order chi connectivity index (χ0) is 18.1. The van der Waals surface area contributed by atoms with Crippen molar-refractivity contribution < 1.29 is 32.2 Å². The van der Waals surface area contributed by atoms with E-state index in [4.69, 9.17) is 12.2 Å². The topological polar surface area (TPSA) is 70.6 Å². The maximum atomic E-state index is 13.4. The van der Waals surface area contributed by atoms with Gasteiger partial charge in [-0.15, -0.1) is 0 Å². The molecule has 1 fully saturated rings. The lowest BCUT2D eigenvalue weighted by atomic mass is 9.82. The van der Waals surface area contributed by atoms with E-state index in [0.717, 1.165) is 12.1 Å². The second-order valence-electron chi connectivity index (χ2n) is 5.12. The van der Waals surface area contributed by atoms with Gasteiger partial charge >= 0.3 is 12.1 Å². The van der Waals surface area contributed by atoms with Crippen LogP contribution < -0.4 is 10.6 Å². The molecule has 0 unspecified atom stereocenters. The molecule has 0 aliphatic carbocycles. The Hall–Kier alpha value is -1.94. The molecule has 3 N–H and O–H groups in total. The van der Waals surface area contributed by atoms with Crippen molar-refractivity contribution in [2.45, 2.75) is 24.9 Å². The van der Waals surface area contributed by atoms with Gasteiger partial charge in [-0.2, -0.15) is 13.2 Å². The minimum Gasteiger partial charge on any atom is -0.466 e. The van der Waals surface area contributed by atoms with E-state index in [9.17, 15) is 27.5 Å². The van der Waals surface area contributed by atoms with Gasteiger partial charge in [-0.25, -0.2) is 4.39 Å². The van der Waals surface area contributed by atoms with Crippen molar-refractivity contribution in [3.05, 3.63) is 35.6 Å². The van der Waals surface area contributed by atoms with E-state index >= 15 is 0 Å². The Labute approximate surface area is 140 Å². The third kappa shape index (κ3) is 3.29. The molecular formula is C14H14F4N2O3S. The molecule has 0 spiro atoms. The van der Waals surface area contributed by atoms with Gasteiger partial charge < -0.3 is 20.5 Å². The summed E-state index contributed by atoms with van der Waals surface area (Å²) in [7, 11) is 0. The van der Waals surface area contributed by atoms with Crippen molar-refractivity contribution in [2.75, 3.05) is 6.61 Å². The predicted octanol–water partition coefficient (Wildman–Crippen LogP) is 1.77. The van der Waals surface area contributed by atoms with Crippen molar-refractivity contribution in [2.24, 2.45) is 5.92 Å². The quantitative estimate of drug-likeness (QED) is 0.430. The summed E-state index contributed by atoms with van der Waals surface area (Å²) in [5, 5.41) is 13.8. The number of esters is 1. The van der Waals surface area contributed by atoms with Crippen molar-refractivity contribution in [3.63, 3.8) is 0 Å². The van der Waals surface area contributed by atoms with Gasteiger partial charge in [0.2, 0.25) is 0 Å². The average Bonchev–Trinajstić information content (AvgIpc) is 2.45. The Morgan fingerprint density at radius 2 is 2.12 bits per heavy atom. The normalized spacial score (nSPS) is 27.2. The first-order valence-electron chi connectivity index (χ1n) is 6.90. The summed E-state index contributed by atoms with van der Waals surface area (Å²) in [5.41, 5.74) is -3.64. The molecule has 0 bridgehead atoms. The molecule has 1 aromatic carbocycles. The Morgan fingerprint density at radius 1 is 1.46 bits per heavy atom. The minimum absolute atomic E-state index is 0.0135. The molecular weight excluding hydrogens is 352 g/mol. The van der Waals surface area contributed by atoms with Crippen molar-refractivity contribution in [1.29, 1.82) is 0 Å². The van der Waals surface area contributed by atoms with Crippen molar-refractivity contribution >= 4 is 23.3 Å². The summed E-state index contributed by atoms with van der Waals surface area (Å²) < 4.78 is 58.4. The fraction of sp³-hybridized carbons (Fsp3) is 0.429. The van der Waals surface area contributed by atoms with Gasteiger partial charge in [-0.1, -0.05) is 12.1 Å². The van der Waals surface area contributed by atoms with E-state index < -0.39 is 40.8 Å². The van der Waals surface area contributed by atoms with Gasteiger partial charge in [0.1, 0.15) is 11.7 Å². The highest BCUT2D eigenvalue weighted by Crippen LogP contribution is 2.43. The molecule has 5 nitrogen and oxygen atoms in total. The van der Waals surface area contributed by atoms with Crippen LogP contribution in [0, 0.1) is 11.7 Å². The molecule has 1 aromatic rings. The molecule has 0 amide bonds. The van der Waals surface area contributed by atoms with Crippen LogP contribution in [0.4, 0.5) is 17.6 Å². The standard InChI is InChI=1S/C14H14F4N2O3S/c1-2-23-11(21)9-10(7-4-3-5-8(15)6-7)19-12(24)20-13(9,22)14(16,17)18/h3-6,9-10,22H,2H2,1H3,(H2,19,20,24)/t9-,10+,13-/m0/s1. The summed E-state index contributed by atoms with van der Waals surface area (Å²) in [6.07, 6.45) is -5.23. The van der Waals surface area contributed by atoms with Crippen LogP contribution in [0.3, 0.4) is 0 Å². The average molecular weight is 366 g/mol. The number of hydrogen-bond acceptors (Lipinski definition) is 4. The molecule has 24 heavy (non-hydrogen) atoms. The van der Waals surface area contributed by atoms with E-state index in [1.807, 2.05) is 0 Å². The molecule has 10 heteroatoms. The molecule has 132 valence electrons. The molecule has 0 aromatic heterocycles. The lowest BCUT2D eigenvalue weighted by molar-refractivity contribution is -0.292. The fourth-order valence-corrected chi connectivity index (χ4v) is 2.80. The van der Waals surface area contributed by atoms with Crippen LogP contribution in [-0.2, 0) is 9.53 Å². The maximum Gasteiger partial charge on any atom is 0.437 e. The number of benzene rings is 1. The highest BCUT2D eigenvalue weighted by atomic mass is 32.1. The van der Waals surface area contributed by atoms with Gasteiger partial charge in [0.05, 0.1) is 12.6 Å². The Balaban J connectivity index is 2.57. The van der Waals surface area contributed by atoms with Crippen LogP contribution in [0.15, 0.2) is 24.3 Å². The third-order valence-corrected chi connectivity index (χ3v) is 3.77. The Morgan fingerprint density at radius 3 is 2.67 bits per heavy atom. The monoisotopic (exact) mass is 366 g/mol. The number of nitrogens with one attached hydrogen (secondary N) is 2. The summed E-state index contributed by atoms with van der Waals surface area (Å²) in [6.45, 7) is 1.22. The zero-order valence-corrected chi connectivity index (χ0v) is 13.2. The summed E-state index contributed by atoms with van der Waals surface area (Å²) in [6, 6.07) is 3.21. The van der Waals surface area contributed by atoms with E-state index in [1.165, 1.54) is 19.1 Å². The van der Waals surface area contributed by atoms with Gasteiger partial charge in [-0.3, -0.25) is 4.79 Å². The van der Waals surface area contributed by atoms with E-state index in [2.05, 4.69) is 10.1 Å². The highest BCUT2D eigenvalue weighted by Gasteiger charge is 2.66. The first kappa shape index (κ1) is 18.4. The van der Waals surface area contributed by atoms with Gasteiger partial charge in [0.15, 0.2) is 5.11 Å². The molecule has 1 saturated heterocycles. The van der Waals surface area contributed by atoms with Crippen LogP contribution in [0.25, 0.3) is 0 Å². The number of carbonyl (C=O) groups excluding carboxylic acids is 1. The number of carbonyl (C=O) groups is 1. The van der Waals surface area contributed by atoms with Gasteiger partial charge in [0, 0.05) is 0 Å². The van der Waals surface area contributed by atoms with Crippen LogP contribution in [-0.4, -0.2) is 34.7 Å². The molecule has 1 heterocycles. The molecule has 0 saturated carbocycles. The van der Waals surface area contributed by atoms with Crippen molar-refractivity contribution in [1.82, 2.24) is 10.6 Å². The summed E-state index contributed by atoms with van der Waals surface area (Å²) in [5.74, 6) is -4.14.